The first-order chi connectivity index (χ1) is 10.0. The summed E-state index contributed by atoms with van der Waals surface area (Å²) in [5.41, 5.74) is 3.51. The molecule has 0 aliphatic heterocycles. The number of ether oxygens (including phenoxy) is 1. The van der Waals surface area contributed by atoms with Gasteiger partial charge in [0.25, 0.3) is 5.69 Å². The molecule has 0 radical (unpaired) electrons. The SMILES string of the molecule is Cc1cc(CO)cc(C)c1OCc1cccc([N+](=O)[O-])c1. The third-order valence-corrected chi connectivity index (χ3v) is 3.21. The molecule has 0 saturated carbocycles. The Morgan fingerprint density at radius 2 is 1.81 bits per heavy atom. The predicted octanol–water partition coefficient (Wildman–Crippen LogP) is 3.28. The van der Waals surface area contributed by atoms with Crippen molar-refractivity contribution in [1.29, 1.82) is 0 Å². The highest BCUT2D eigenvalue weighted by Gasteiger charge is 2.09. The maximum atomic E-state index is 10.7. The number of hydrogen-bond acceptors (Lipinski definition) is 4. The standard InChI is InChI=1S/C16H17NO4/c1-11-6-14(9-18)7-12(2)16(11)21-10-13-4-3-5-15(8-13)17(19)20/h3-8,18H,9-10H2,1-2H3. The van der Waals surface area contributed by atoms with Gasteiger partial charge in [-0.25, -0.2) is 0 Å². The Morgan fingerprint density at radius 1 is 1.14 bits per heavy atom. The zero-order valence-electron chi connectivity index (χ0n) is 12.0. The largest absolute Gasteiger partial charge is 0.488 e. The van der Waals surface area contributed by atoms with Crippen molar-refractivity contribution in [3.8, 4) is 5.75 Å². The molecule has 0 bridgehead atoms. The highest BCUT2D eigenvalue weighted by molar-refractivity contribution is 5.43. The molecule has 0 heterocycles. The van der Waals surface area contributed by atoms with Crippen LogP contribution in [0.3, 0.4) is 0 Å². The van der Waals surface area contributed by atoms with Crippen LogP contribution >= 0.6 is 0 Å². The van der Waals surface area contributed by atoms with E-state index in [-0.39, 0.29) is 18.9 Å². The summed E-state index contributed by atoms with van der Waals surface area (Å²) in [5.74, 6) is 0.749. The normalized spacial score (nSPS) is 10.4. The van der Waals surface area contributed by atoms with Crippen LogP contribution in [0.2, 0.25) is 0 Å². The maximum Gasteiger partial charge on any atom is 0.269 e. The lowest BCUT2D eigenvalue weighted by Crippen LogP contribution is -2.01. The molecule has 0 aliphatic rings. The van der Waals surface area contributed by atoms with Gasteiger partial charge in [0, 0.05) is 12.1 Å². The van der Waals surface area contributed by atoms with Crippen molar-refractivity contribution >= 4 is 5.69 Å². The van der Waals surface area contributed by atoms with Gasteiger partial charge < -0.3 is 9.84 Å². The number of nitrogens with zero attached hydrogens (tertiary/aromatic N) is 1. The molecule has 5 heteroatoms. The topological polar surface area (TPSA) is 72.6 Å². The molecule has 110 valence electrons. The van der Waals surface area contributed by atoms with Crippen LogP contribution in [0.25, 0.3) is 0 Å². The second-order valence-electron chi connectivity index (χ2n) is 4.93. The Labute approximate surface area is 123 Å². The highest BCUT2D eigenvalue weighted by Crippen LogP contribution is 2.26. The van der Waals surface area contributed by atoms with Gasteiger partial charge in [0.15, 0.2) is 0 Å². The minimum absolute atomic E-state index is 0.00710. The van der Waals surface area contributed by atoms with Crippen LogP contribution in [-0.4, -0.2) is 10.0 Å². The third-order valence-electron chi connectivity index (χ3n) is 3.21. The second-order valence-corrected chi connectivity index (χ2v) is 4.93. The molecule has 0 aromatic heterocycles. The van der Waals surface area contributed by atoms with Crippen molar-refractivity contribution in [2.45, 2.75) is 27.1 Å². The third kappa shape index (κ3) is 3.58. The molecule has 2 aromatic rings. The van der Waals surface area contributed by atoms with Crippen LogP contribution in [-0.2, 0) is 13.2 Å². The molecule has 0 amide bonds. The van der Waals surface area contributed by atoms with Gasteiger partial charge >= 0.3 is 0 Å². The first-order valence-electron chi connectivity index (χ1n) is 6.58. The van der Waals surface area contributed by atoms with Crippen LogP contribution in [0.15, 0.2) is 36.4 Å². The number of nitro benzene ring substituents is 1. The Kier molecular flexibility index (Phi) is 4.55. The quantitative estimate of drug-likeness (QED) is 0.676. The molecule has 0 atom stereocenters. The first-order valence-corrected chi connectivity index (χ1v) is 6.58. The molecule has 1 N–H and O–H groups in total. The molecule has 0 spiro atoms. The number of rotatable bonds is 5. The lowest BCUT2D eigenvalue weighted by atomic mass is 10.1. The van der Waals surface area contributed by atoms with Crippen molar-refractivity contribution in [2.24, 2.45) is 0 Å². The zero-order chi connectivity index (χ0) is 15.4. The summed E-state index contributed by atoms with van der Waals surface area (Å²) in [7, 11) is 0. The lowest BCUT2D eigenvalue weighted by Gasteiger charge is -2.13. The molecule has 21 heavy (non-hydrogen) atoms. The van der Waals surface area contributed by atoms with E-state index in [1.165, 1.54) is 12.1 Å². The monoisotopic (exact) mass is 287 g/mol. The predicted molar refractivity (Wildman–Crippen MR) is 79.3 cm³/mol. The van der Waals surface area contributed by atoms with E-state index in [9.17, 15) is 10.1 Å². The molecule has 0 unspecified atom stereocenters. The molecule has 5 nitrogen and oxygen atoms in total. The van der Waals surface area contributed by atoms with E-state index in [1.807, 2.05) is 26.0 Å². The smallest absolute Gasteiger partial charge is 0.269 e. The minimum atomic E-state index is -0.421. The summed E-state index contributed by atoms with van der Waals surface area (Å²) in [6.07, 6.45) is 0. The first kappa shape index (κ1) is 15.0. The van der Waals surface area contributed by atoms with Gasteiger partial charge in [-0.3, -0.25) is 10.1 Å². The van der Waals surface area contributed by atoms with E-state index in [4.69, 9.17) is 9.84 Å². The Morgan fingerprint density at radius 3 is 2.38 bits per heavy atom. The number of non-ortho nitro benzene ring substituents is 1. The fourth-order valence-electron chi connectivity index (χ4n) is 2.27. The van der Waals surface area contributed by atoms with E-state index >= 15 is 0 Å². The van der Waals surface area contributed by atoms with E-state index in [1.54, 1.807) is 12.1 Å². The minimum Gasteiger partial charge on any atom is -0.488 e. The van der Waals surface area contributed by atoms with Gasteiger partial charge in [-0.1, -0.05) is 24.3 Å². The lowest BCUT2D eigenvalue weighted by molar-refractivity contribution is -0.384. The van der Waals surface area contributed by atoms with Crippen LogP contribution < -0.4 is 4.74 Å². The van der Waals surface area contributed by atoms with Gasteiger partial charge in [0.1, 0.15) is 12.4 Å². The van der Waals surface area contributed by atoms with Crippen LogP contribution in [0.1, 0.15) is 22.3 Å². The van der Waals surface area contributed by atoms with Gasteiger partial charge in [-0.05, 0) is 36.1 Å². The Bertz CT molecular complexity index is 644. The Balaban J connectivity index is 2.17. The zero-order valence-corrected chi connectivity index (χ0v) is 12.0. The number of aryl methyl sites for hydroxylation is 2. The molecule has 0 saturated heterocycles. The average molecular weight is 287 g/mol. The fraction of sp³-hybridized carbons (Fsp3) is 0.250. The van der Waals surface area contributed by atoms with E-state index in [0.717, 1.165) is 28.0 Å². The number of nitro groups is 1. The van der Waals surface area contributed by atoms with Gasteiger partial charge in [0.05, 0.1) is 11.5 Å². The van der Waals surface area contributed by atoms with E-state index < -0.39 is 4.92 Å². The summed E-state index contributed by atoms with van der Waals surface area (Å²) in [5, 5.41) is 19.9. The van der Waals surface area contributed by atoms with Crippen molar-refractivity contribution in [3.05, 3.63) is 68.8 Å². The van der Waals surface area contributed by atoms with E-state index in [2.05, 4.69) is 0 Å². The number of aliphatic hydroxyl groups excluding tert-OH is 1. The summed E-state index contributed by atoms with van der Waals surface area (Å²) < 4.78 is 5.78. The molecule has 2 aromatic carbocycles. The fourth-order valence-corrected chi connectivity index (χ4v) is 2.27. The van der Waals surface area contributed by atoms with Crippen molar-refractivity contribution in [2.75, 3.05) is 0 Å². The van der Waals surface area contributed by atoms with Gasteiger partial charge in [-0.15, -0.1) is 0 Å². The Hall–Kier alpha value is -2.40. The van der Waals surface area contributed by atoms with Crippen LogP contribution in [0.4, 0.5) is 5.69 Å². The van der Waals surface area contributed by atoms with Crippen LogP contribution in [0, 0.1) is 24.0 Å². The van der Waals surface area contributed by atoms with Gasteiger partial charge in [0.2, 0.25) is 0 Å². The highest BCUT2D eigenvalue weighted by atomic mass is 16.6. The van der Waals surface area contributed by atoms with Crippen molar-refractivity contribution in [3.63, 3.8) is 0 Å². The molecule has 2 rings (SSSR count). The summed E-state index contributed by atoms with van der Waals surface area (Å²) in [4.78, 5) is 10.3. The summed E-state index contributed by atoms with van der Waals surface area (Å²) >= 11 is 0. The number of benzene rings is 2. The average Bonchev–Trinajstić information content (AvgIpc) is 2.46. The van der Waals surface area contributed by atoms with Crippen molar-refractivity contribution < 1.29 is 14.8 Å². The maximum absolute atomic E-state index is 10.7. The van der Waals surface area contributed by atoms with Gasteiger partial charge in [-0.2, -0.15) is 0 Å². The van der Waals surface area contributed by atoms with Crippen molar-refractivity contribution in [1.82, 2.24) is 0 Å². The molecule has 0 fully saturated rings. The van der Waals surface area contributed by atoms with Crippen LogP contribution in [0.5, 0.6) is 5.75 Å². The van der Waals surface area contributed by atoms with E-state index in [0.29, 0.717) is 0 Å². The molecular weight excluding hydrogens is 270 g/mol. The number of hydrogen-bond donors (Lipinski definition) is 1. The molecule has 0 aliphatic carbocycles. The molecular formula is C16H17NO4. The second kappa shape index (κ2) is 6.37. The summed E-state index contributed by atoms with van der Waals surface area (Å²) in [6.45, 7) is 4.08. The summed E-state index contributed by atoms with van der Waals surface area (Å²) in [6, 6.07) is 10.1. The number of aliphatic hydroxyl groups is 1.